The minimum absolute atomic E-state index is 0.0256. The molecule has 1 saturated carbocycles. The first kappa shape index (κ1) is 19.8. The third-order valence-corrected chi connectivity index (χ3v) is 6.61. The highest BCUT2D eigenvalue weighted by atomic mass is 35.5. The van der Waals surface area contributed by atoms with Crippen LogP contribution in [0.4, 0.5) is 5.69 Å². The first-order chi connectivity index (χ1) is 16.0. The van der Waals surface area contributed by atoms with Crippen molar-refractivity contribution in [2.24, 2.45) is 0 Å². The van der Waals surface area contributed by atoms with Crippen molar-refractivity contribution >= 4 is 50.5 Å². The van der Waals surface area contributed by atoms with Gasteiger partial charge in [-0.15, -0.1) is 0 Å². The molecule has 0 amide bonds. The van der Waals surface area contributed by atoms with Crippen LogP contribution in [0, 0.1) is 10.1 Å². The third-order valence-electron chi connectivity index (χ3n) is 6.29. The summed E-state index contributed by atoms with van der Waals surface area (Å²) in [7, 11) is 0. The summed E-state index contributed by atoms with van der Waals surface area (Å²) in [6.45, 7) is 0. The Kier molecular flexibility index (Phi) is 4.41. The van der Waals surface area contributed by atoms with Gasteiger partial charge in [-0.1, -0.05) is 36.6 Å². The second-order valence-corrected chi connectivity index (χ2v) is 8.61. The van der Waals surface area contributed by atoms with E-state index >= 15 is 0 Å². The molecule has 3 aromatic heterocycles. The number of benzene rings is 2. The smallest absolute Gasteiger partial charge is 0.289 e. The van der Waals surface area contributed by atoms with Gasteiger partial charge in [-0.3, -0.25) is 24.0 Å². The lowest BCUT2D eigenvalue weighted by Gasteiger charge is -2.13. The maximum Gasteiger partial charge on any atom is 0.289 e. The van der Waals surface area contributed by atoms with E-state index in [2.05, 4.69) is 4.98 Å². The molecule has 0 radical (unpaired) electrons. The predicted octanol–water partition coefficient (Wildman–Crippen LogP) is 4.96. The molecule has 0 aliphatic heterocycles. The van der Waals surface area contributed by atoms with Crippen molar-refractivity contribution in [1.82, 2.24) is 24.1 Å². The van der Waals surface area contributed by atoms with Crippen LogP contribution in [0.3, 0.4) is 0 Å². The standard InChI is InChI=1S/C23H17ClN6O3/c24-15-10-9-14(11-18(15)30(32)33)29-21-19(23(31)28(12-25-21)13-5-1-2-6-13)20-22(29)27-17-8-4-3-7-16(17)26-20/h3-4,7-13H,1-2,5-6H2. The van der Waals surface area contributed by atoms with Crippen LogP contribution in [0.1, 0.15) is 31.7 Å². The number of nitro benzene ring substituents is 1. The topological polar surface area (TPSA) is 109 Å². The number of hydrogen-bond donors (Lipinski definition) is 0. The maximum atomic E-state index is 13.7. The van der Waals surface area contributed by atoms with Gasteiger partial charge in [-0.05, 0) is 37.1 Å². The summed E-state index contributed by atoms with van der Waals surface area (Å²) < 4.78 is 3.34. The molecular weight excluding hydrogens is 444 g/mol. The molecule has 10 heteroatoms. The monoisotopic (exact) mass is 460 g/mol. The van der Waals surface area contributed by atoms with Crippen LogP contribution in [0.5, 0.6) is 0 Å². The van der Waals surface area contributed by atoms with E-state index in [9.17, 15) is 14.9 Å². The lowest BCUT2D eigenvalue weighted by atomic mass is 10.2. The Bertz CT molecular complexity index is 1650. The lowest BCUT2D eigenvalue weighted by molar-refractivity contribution is -0.384. The van der Waals surface area contributed by atoms with E-state index in [4.69, 9.17) is 21.6 Å². The van der Waals surface area contributed by atoms with Gasteiger partial charge in [0, 0.05) is 12.1 Å². The third kappa shape index (κ3) is 3.00. The Morgan fingerprint density at radius 1 is 1.03 bits per heavy atom. The minimum Gasteiger partial charge on any atom is -0.295 e. The van der Waals surface area contributed by atoms with Crippen molar-refractivity contribution in [1.29, 1.82) is 0 Å². The molecule has 0 unspecified atom stereocenters. The van der Waals surface area contributed by atoms with Crippen molar-refractivity contribution in [2.45, 2.75) is 31.7 Å². The SMILES string of the molecule is O=c1c2c3nc4ccccc4nc3n(-c3ccc(Cl)c([N+](=O)[O-])c3)c2ncn1C1CCCC1. The quantitative estimate of drug-likeness (QED) is 0.278. The van der Waals surface area contributed by atoms with Crippen molar-refractivity contribution in [3.8, 4) is 5.69 Å². The summed E-state index contributed by atoms with van der Waals surface area (Å²) in [6.07, 6.45) is 5.60. The van der Waals surface area contributed by atoms with Crippen molar-refractivity contribution in [2.75, 3.05) is 0 Å². The van der Waals surface area contributed by atoms with Gasteiger partial charge >= 0.3 is 0 Å². The number of fused-ring (bicyclic) bond motifs is 4. The van der Waals surface area contributed by atoms with Crippen LogP contribution in [-0.2, 0) is 0 Å². The molecule has 9 nitrogen and oxygen atoms in total. The van der Waals surface area contributed by atoms with Gasteiger partial charge in [0.15, 0.2) is 11.3 Å². The average molecular weight is 461 g/mol. The van der Waals surface area contributed by atoms with Crippen LogP contribution in [0.15, 0.2) is 53.6 Å². The van der Waals surface area contributed by atoms with E-state index in [0.717, 1.165) is 25.7 Å². The van der Waals surface area contributed by atoms with Crippen LogP contribution in [-0.4, -0.2) is 29.0 Å². The minimum atomic E-state index is -0.540. The average Bonchev–Trinajstić information content (AvgIpc) is 3.45. The Balaban J connectivity index is 1.75. The number of nitro groups is 1. The molecule has 1 aliphatic carbocycles. The van der Waals surface area contributed by atoms with Crippen LogP contribution >= 0.6 is 11.6 Å². The summed E-state index contributed by atoms with van der Waals surface area (Å²) >= 11 is 6.04. The predicted molar refractivity (Wildman–Crippen MR) is 125 cm³/mol. The van der Waals surface area contributed by atoms with Gasteiger partial charge < -0.3 is 0 Å². The molecule has 1 fully saturated rings. The number of halogens is 1. The van der Waals surface area contributed by atoms with Gasteiger partial charge in [-0.25, -0.2) is 15.0 Å². The van der Waals surface area contributed by atoms with E-state index in [1.165, 1.54) is 12.1 Å². The van der Waals surface area contributed by atoms with E-state index in [1.807, 2.05) is 24.3 Å². The number of para-hydroxylation sites is 2. The van der Waals surface area contributed by atoms with Crippen molar-refractivity contribution in [3.63, 3.8) is 0 Å². The maximum absolute atomic E-state index is 13.7. The van der Waals surface area contributed by atoms with Crippen molar-refractivity contribution in [3.05, 3.63) is 74.3 Å². The van der Waals surface area contributed by atoms with E-state index in [-0.39, 0.29) is 22.3 Å². The van der Waals surface area contributed by atoms with Gasteiger partial charge in [0.1, 0.15) is 22.3 Å². The summed E-state index contributed by atoms with van der Waals surface area (Å²) in [6, 6.07) is 12.0. The summed E-state index contributed by atoms with van der Waals surface area (Å²) in [5, 5.41) is 11.9. The molecule has 0 atom stereocenters. The Labute approximate surface area is 191 Å². The molecular formula is C23H17ClN6O3. The van der Waals surface area contributed by atoms with Gasteiger partial charge in [0.05, 0.1) is 21.6 Å². The van der Waals surface area contributed by atoms with E-state index in [0.29, 0.717) is 38.9 Å². The Morgan fingerprint density at radius 3 is 2.48 bits per heavy atom. The zero-order chi connectivity index (χ0) is 22.7. The molecule has 0 N–H and O–H groups in total. The largest absolute Gasteiger partial charge is 0.295 e. The van der Waals surface area contributed by atoms with Gasteiger partial charge in [-0.2, -0.15) is 0 Å². The highest BCUT2D eigenvalue weighted by molar-refractivity contribution is 6.32. The second kappa shape index (κ2) is 7.35. The number of hydrogen-bond acceptors (Lipinski definition) is 6. The highest BCUT2D eigenvalue weighted by Gasteiger charge is 2.25. The first-order valence-electron chi connectivity index (χ1n) is 10.7. The highest BCUT2D eigenvalue weighted by Crippen LogP contribution is 2.33. The molecule has 2 aromatic carbocycles. The summed E-state index contributed by atoms with van der Waals surface area (Å²) in [5.41, 5.74) is 2.51. The fourth-order valence-electron chi connectivity index (χ4n) is 4.72. The van der Waals surface area contributed by atoms with Crippen LogP contribution in [0.2, 0.25) is 5.02 Å². The van der Waals surface area contributed by atoms with Gasteiger partial charge in [0.2, 0.25) is 0 Å². The molecule has 0 saturated heterocycles. The zero-order valence-corrected chi connectivity index (χ0v) is 18.1. The number of rotatable bonds is 3. The molecule has 3 heterocycles. The van der Waals surface area contributed by atoms with Gasteiger partial charge in [0.25, 0.3) is 11.2 Å². The molecule has 5 aromatic rings. The van der Waals surface area contributed by atoms with Crippen LogP contribution < -0.4 is 5.56 Å². The summed E-state index contributed by atoms with van der Waals surface area (Å²) in [4.78, 5) is 38.8. The van der Waals surface area contributed by atoms with E-state index in [1.54, 1.807) is 21.5 Å². The summed E-state index contributed by atoms with van der Waals surface area (Å²) in [5.74, 6) is 0. The molecule has 6 rings (SSSR count). The lowest BCUT2D eigenvalue weighted by Crippen LogP contribution is -2.23. The number of aromatic nitrogens is 5. The molecule has 164 valence electrons. The molecule has 0 spiro atoms. The molecule has 0 bridgehead atoms. The van der Waals surface area contributed by atoms with E-state index < -0.39 is 4.92 Å². The Hall–Kier alpha value is -3.85. The normalized spacial score (nSPS) is 14.6. The fourth-order valence-corrected chi connectivity index (χ4v) is 4.90. The Morgan fingerprint density at radius 2 is 1.76 bits per heavy atom. The molecule has 33 heavy (non-hydrogen) atoms. The number of nitrogens with zero attached hydrogens (tertiary/aromatic N) is 6. The van der Waals surface area contributed by atoms with Crippen molar-refractivity contribution < 1.29 is 4.92 Å². The second-order valence-electron chi connectivity index (χ2n) is 8.21. The molecule has 1 aliphatic rings. The fraction of sp³-hybridized carbons (Fsp3) is 0.217. The first-order valence-corrected chi connectivity index (χ1v) is 11.0. The zero-order valence-electron chi connectivity index (χ0n) is 17.3. The van der Waals surface area contributed by atoms with Crippen LogP contribution in [0.25, 0.3) is 38.9 Å².